The van der Waals surface area contributed by atoms with Crippen molar-refractivity contribution in [1.82, 2.24) is 0 Å². The fourth-order valence-corrected chi connectivity index (χ4v) is 2.90. The maximum Gasteiger partial charge on any atom is 0.161 e. The van der Waals surface area contributed by atoms with E-state index < -0.39 is 15.7 Å². The number of hydrogen-bond donors (Lipinski definition) is 1. The Morgan fingerprint density at radius 2 is 2.11 bits per heavy atom. The van der Waals surface area contributed by atoms with Gasteiger partial charge in [-0.15, -0.1) is 0 Å². The lowest BCUT2D eigenvalue weighted by Gasteiger charge is -2.20. The van der Waals surface area contributed by atoms with E-state index in [1.165, 1.54) is 11.0 Å². The summed E-state index contributed by atoms with van der Waals surface area (Å²) in [4.78, 5) is 1.63. The summed E-state index contributed by atoms with van der Waals surface area (Å²) in [5, 5.41) is 0. The fourth-order valence-electron chi connectivity index (χ4n) is 1.45. The Hall–Kier alpha value is -0.730. The van der Waals surface area contributed by atoms with Gasteiger partial charge in [0.05, 0.1) is 15.9 Å². The molecule has 2 N–H and O–H groups in total. The van der Waals surface area contributed by atoms with E-state index in [-0.39, 0.29) is 27.4 Å². The molecule has 0 amide bonds. The molecule has 0 radical (unpaired) electrons. The molecule has 1 aromatic carbocycles. The highest BCUT2D eigenvalue weighted by molar-refractivity contribution is 9.10. The SMILES string of the molecule is CN(CCS(C)(=O)=O)c1ccc(C(N)=S)c(Br)c1F. The van der Waals surface area contributed by atoms with Crippen molar-refractivity contribution in [3.8, 4) is 0 Å². The molecule has 8 heteroatoms. The molecular weight excluding hydrogens is 355 g/mol. The predicted molar refractivity (Wildman–Crippen MR) is 83.0 cm³/mol. The molecule has 0 aliphatic carbocycles. The molecule has 19 heavy (non-hydrogen) atoms. The van der Waals surface area contributed by atoms with Gasteiger partial charge in [-0.2, -0.15) is 0 Å². The van der Waals surface area contributed by atoms with Crippen molar-refractivity contribution < 1.29 is 12.8 Å². The Kier molecular flexibility index (Phi) is 5.28. The van der Waals surface area contributed by atoms with Crippen LogP contribution < -0.4 is 10.6 Å². The van der Waals surface area contributed by atoms with Crippen molar-refractivity contribution >= 4 is 48.7 Å². The molecule has 0 aromatic heterocycles. The van der Waals surface area contributed by atoms with Crippen molar-refractivity contribution in [2.24, 2.45) is 5.73 Å². The van der Waals surface area contributed by atoms with Crippen LogP contribution in [0.5, 0.6) is 0 Å². The van der Waals surface area contributed by atoms with Gasteiger partial charge in [0.25, 0.3) is 0 Å². The molecule has 0 saturated heterocycles. The van der Waals surface area contributed by atoms with Gasteiger partial charge in [0.15, 0.2) is 5.82 Å². The smallest absolute Gasteiger partial charge is 0.161 e. The van der Waals surface area contributed by atoms with Crippen LogP contribution in [-0.4, -0.2) is 39.0 Å². The number of halogens is 2. The van der Waals surface area contributed by atoms with E-state index in [0.29, 0.717) is 5.56 Å². The summed E-state index contributed by atoms with van der Waals surface area (Å²) in [6.45, 7) is 0.203. The molecule has 0 saturated carbocycles. The Balaban J connectivity index is 3.02. The first-order valence-corrected chi connectivity index (χ1v) is 8.56. The van der Waals surface area contributed by atoms with Gasteiger partial charge in [-0.3, -0.25) is 0 Å². The summed E-state index contributed by atoms with van der Waals surface area (Å²) in [6, 6.07) is 3.12. The summed E-state index contributed by atoms with van der Waals surface area (Å²) in [5.74, 6) is -0.557. The van der Waals surface area contributed by atoms with Crippen molar-refractivity contribution in [1.29, 1.82) is 0 Å². The van der Waals surface area contributed by atoms with Gasteiger partial charge >= 0.3 is 0 Å². The number of nitrogens with zero attached hydrogens (tertiary/aromatic N) is 1. The van der Waals surface area contributed by atoms with Gasteiger partial charge in [-0.1, -0.05) is 12.2 Å². The minimum atomic E-state index is -3.09. The third-order valence-electron chi connectivity index (χ3n) is 2.54. The molecule has 0 heterocycles. The van der Waals surface area contributed by atoms with Crippen LogP contribution in [0.3, 0.4) is 0 Å². The Bertz CT molecular complexity index is 605. The van der Waals surface area contributed by atoms with Crippen LogP contribution in [-0.2, 0) is 9.84 Å². The topological polar surface area (TPSA) is 63.4 Å². The second kappa shape index (κ2) is 6.15. The van der Waals surface area contributed by atoms with E-state index in [4.69, 9.17) is 18.0 Å². The maximum absolute atomic E-state index is 14.1. The highest BCUT2D eigenvalue weighted by atomic mass is 79.9. The standard InChI is InChI=1S/C11H14BrFN2O2S2/c1-15(5-6-19(2,16)17)8-4-3-7(11(14)18)9(12)10(8)13/h3-4H,5-6H2,1-2H3,(H2,14,18). The lowest BCUT2D eigenvalue weighted by atomic mass is 10.2. The minimum absolute atomic E-state index is 0.0440. The molecule has 106 valence electrons. The van der Waals surface area contributed by atoms with Crippen molar-refractivity contribution in [3.63, 3.8) is 0 Å². The molecule has 0 spiro atoms. The molecule has 1 rings (SSSR count). The second-order valence-electron chi connectivity index (χ2n) is 4.18. The van der Waals surface area contributed by atoms with Crippen LogP contribution in [0.2, 0.25) is 0 Å². The molecular formula is C11H14BrFN2O2S2. The lowest BCUT2D eigenvalue weighted by Crippen LogP contribution is -2.26. The first kappa shape index (κ1) is 16.3. The summed E-state index contributed by atoms with van der Waals surface area (Å²) in [7, 11) is -1.47. The van der Waals surface area contributed by atoms with Crippen LogP contribution >= 0.6 is 28.1 Å². The van der Waals surface area contributed by atoms with Crippen LogP contribution in [0, 0.1) is 5.82 Å². The molecule has 0 atom stereocenters. The fraction of sp³-hybridized carbons (Fsp3) is 0.364. The zero-order valence-electron chi connectivity index (χ0n) is 10.5. The predicted octanol–water partition coefficient (Wildman–Crippen LogP) is 1.70. The molecule has 0 aliphatic heterocycles. The van der Waals surface area contributed by atoms with Gasteiger partial charge in [0, 0.05) is 25.4 Å². The second-order valence-corrected chi connectivity index (χ2v) is 7.67. The van der Waals surface area contributed by atoms with Gasteiger partial charge in [0.1, 0.15) is 14.8 Å². The average molecular weight is 369 g/mol. The van der Waals surface area contributed by atoms with Crippen LogP contribution in [0.1, 0.15) is 5.56 Å². The largest absolute Gasteiger partial charge is 0.389 e. The first-order chi connectivity index (χ1) is 8.63. The van der Waals surface area contributed by atoms with Gasteiger partial charge in [0.2, 0.25) is 0 Å². The number of anilines is 1. The maximum atomic E-state index is 14.1. The van der Waals surface area contributed by atoms with Crippen LogP contribution in [0.25, 0.3) is 0 Å². The minimum Gasteiger partial charge on any atom is -0.389 e. The molecule has 0 fully saturated rings. The summed E-state index contributed by atoms with van der Waals surface area (Å²) >= 11 is 7.91. The monoisotopic (exact) mass is 368 g/mol. The number of nitrogens with two attached hydrogens (primary N) is 1. The Morgan fingerprint density at radius 1 is 1.53 bits per heavy atom. The lowest BCUT2D eigenvalue weighted by molar-refractivity contribution is 0.598. The highest BCUT2D eigenvalue weighted by Gasteiger charge is 2.16. The van der Waals surface area contributed by atoms with E-state index >= 15 is 0 Å². The summed E-state index contributed by atoms with van der Waals surface area (Å²) < 4.78 is 36.5. The van der Waals surface area contributed by atoms with Crippen molar-refractivity contribution in [2.45, 2.75) is 0 Å². The molecule has 1 aromatic rings. The Labute approximate surface area is 125 Å². The highest BCUT2D eigenvalue weighted by Crippen LogP contribution is 2.28. The van der Waals surface area contributed by atoms with E-state index in [1.807, 2.05) is 0 Å². The molecule has 0 aliphatic rings. The number of hydrogen-bond acceptors (Lipinski definition) is 4. The third kappa shape index (κ3) is 4.39. The quantitative estimate of drug-likeness (QED) is 0.801. The summed E-state index contributed by atoms with van der Waals surface area (Å²) in [6.07, 6.45) is 1.14. The van der Waals surface area contributed by atoms with E-state index in [1.54, 1.807) is 13.1 Å². The van der Waals surface area contributed by atoms with Crippen molar-refractivity contribution in [3.05, 3.63) is 28.0 Å². The molecule has 4 nitrogen and oxygen atoms in total. The number of benzene rings is 1. The van der Waals surface area contributed by atoms with E-state index in [2.05, 4.69) is 15.9 Å². The van der Waals surface area contributed by atoms with Crippen LogP contribution in [0.15, 0.2) is 16.6 Å². The van der Waals surface area contributed by atoms with Crippen molar-refractivity contribution in [2.75, 3.05) is 30.5 Å². The zero-order chi connectivity index (χ0) is 14.8. The van der Waals surface area contributed by atoms with Crippen LogP contribution in [0.4, 0.5) is 10.1 Å². The average Bonchev–Trinajstić information content (AvgIpc) is 2.28. The first-order valence-electron chi connectivity index (χ1n) is 5.30. The summed E-state index contributed by atoms with van der Waals surface area (Å²) in [5.41, 5.74) is 6.16. The Morgan fingerprint density at radius 3 is 2.58 bits per heavy atom. The normalized spacial score (nSPS) is 11.4. The van der Waals surface area contributed by atoms with E-state index in [0.717, 1.165) is 6.26 Å². The van der Waals surface area contributed by atoms with Gasteiger partial charge in [-0.05, 0) is 28.1 Å². The number of thiocarbonyl (C=S) groups is 1. The van der Waals surface area contributed by atoms with Gasteiger partial charge in [-0.25, -0.2) is 12.8 Å². The third-order valence-corrected chi connectivity index (χ3v) is 4.46. The molecule has 0 unspecified atom stereocenters. The van der Waals surface area contributed by atoms with E-state index in [9.17, 15) is 12.8 Å². The number of sulfone groups is 1. The van der Waals surface area contributed by atoms with Gasteiger partial charge < -0.3 is 10.6 Å². The zero-order valence-corrected chi connectivity index (χ0v) is 13.7. The number of rotatable bonds is 5. The molecule has 0 bridgehead atoms.